The van der Waals surface area contributed by atoms with Gasteiger partial charge in [0.15, 0.2) is 0 Å². The Kier molecular flexibility index (Phi) is 4.08. The van der Waals surface area contributed by atoms with Gasteiger partial charge in [-0.15, -0.1) is 0 Å². The van der Waals surface area contributed by atoms with E-state index in [0.29, 0.717) is 21.8 Å². The first-order valence-electron chi connectivity index (χ1n) is 8.84. The molecule has 0 bridgehead atoms. The summed E-state index contributed by atoms with van der Waals surface area (Å²) in [4.78, 5) is 5.48. The van der Waals surface area contributed by atoms with E-state index in [0.717, 1.165) is 25.9 Å². The van der Waals surface area contributed by atoms with Crippen LogP contribution in [0.3, 0.4) is 0 Å². The van der Waals surface area contributed by atoms with Crippen LogP contribution in [-0.4, -0.2) is 46.5 Å². The fraction of sp³-hybridized carbons (Fsp3) is 0.400. The average Bonchev–Trinajstić information content (AvgIpc) is 2.76. The third-order valence-electron chi connectivity index (χ3n) is 5.73. The van der Waals surface area contributed by atoms with Crippen LogP contribution < -0.4 is 4.90 Å². The van der Waals surface area contributed by atoms with Crippen molar-refractivity contribution in [3.8, 4) is 0 Å². The van der Waals surface area contributed by atoms with Gasteiger partial charge in [0.1, 0.15) is 0 Å². The van der Waals surface area contributed by atoms with E-state index >= 15 is 0 Å². The summed E-state index contributed by atoms with van der Waals surface area (Å²) in [5.41, 5.74) is 2.38. The Morgan fingerprint density at radius 1 is 0.920 bits per heavy atom. The summed E-state index contributed by atoms with van der Waals surface area (Å²) < 4.78 is 25.9. The molecule has 2 atom stereocenters. The molecule has 0 amide bonds. The molecule has 132 valence electrons. The summed E-state index contributed by atoms with van der Waals surface area (Å²) in [5.74, 6) is 0.413. The van der Waals surface area contributed by atoms with Crippen LogP contribution in [0.2, 0.25) is 0 Å². The number of benzene rings is 2. The minimum atomic E-state index is -3.46. The number of likely N-dealkylation sites (tertiary alicyclic amines) is 1. The smallest absolute Gasteiger partial charge is 0.206 e. The monoisotopic (exact) mass is 356 g/mol. The van der Waals surface area contributed by atoms with Gasteiger partial charge < -0.3 is 9.80 Å². The second-order valence-corrected chi connectivity index (χ2v) is 9.15. The van der Waals surface area contributed by atoms with Crippen LogP contribution in [-0.2, 0) is 9.84 Å². The van der Waals surface area contributed by atoms with Crippen molar-refractivity contribution in [2.24, 2.45) is 0 Å². The molecule has 0 radical (unpaired) electrons. The lowest BCUT2D eigenvalue weighted by molar-refractivity contribution is 0.345. The van der Waals surface area contributed by atoms with E-state index in [4.69, 9.17) is 0 Å². The number of nitrogens with zero attached hydrogens (tertiary/aromatic N) is 2. The molecule has 1 fully saturated rings. The summed E-state index contributed by atoms with van der Waals surface area (Å²) >= 11 is 0. The van der Waals surface area contributed by atoms with Crippen LogP contribution in [0.5, 0.6) is 0 Å². The first-order valence-corrected chi connectivity index (χ1v) is 10.3. The Balaban J connectivity index is 1.76. The van der Waals surface area contributed by atoms with E-state index in [1.54, 1.807) is 30.3 Å². The third kappa shape index (κ3) is 2.75. The largest absolute Gasteiger partial charge is 0.371 e. The van der Waals surface area contributed by atoms with Gasteiger partial charge in [-0.2, -0.15) is 0 Å². The van der Waals surface area contributed by atoms with Crippen molar-refractivity contribution < 1.29 is 8.42 Å². The molecule has 0 unspecified atom stereocenters. The molecule has 1 saturated heterocycles. The number of sulfone groups is 1. The van der Waals surface area contributed by atoms with Crippen molar-refractivity contribution in [2.75, 3.05) is 32.1 Å². The van der Waals surface area contributed by atoms with Gasteiger partial charge in [-0.3, -0.25) is 0 Å². The van der Waals surface area contributed by atoms with Gasteiger partial charge in [0.05, 0.1) is 9.79 Å². The first-order chi connectivity index (χ1) is 12.0. The molecular weight excluding hydrogens is 332 g/mol. The Bertz CT molecular complexity index is 880. The molecule has 4 rings (SSSR count). The van der Waals surface area contributed by atoms with Crippen molar-refractivity contribution in [1.29, 1.82) is 0 Å². The fourth-order valence-corrected chi connectivity index (χ4v) is 5.59. The lowest BCUT2D eigenvalue weighted by atomic mass is 9.91. The van der Waals surface area contributed by atoms with Gasteiger partial charge in [-0.25, -0.2) is 8.42 Å². The highest BCUT2D eigenvalue weighted by atomic mass is 32.2. The highest BCUT2D eigenvalue weighted by molar-refractivity contribution is 7.91. The quantitative estimate of drug-likeness (QED) is 0.829. The highest BCUT2D eigenvalue weighted by Crippen LogP contribution is 2.45. The van der Waals surface area contributed by atoms with Crippen LogP contribution in [0.1, 0.15) is 24.3 Å². The lowest BCUT2D eigenvalue weighted by Crippen LogP contribution is -2.31. The number of rotatable bonds is 2. The maximum Gasteiger partial charge on any atom is 0.206 e. The van der Waals surface area contributed by atoms with Crippen LogP contribution in [0, 0.1) is 0 Å². The normalized spacial score (nSPS) is 23.8. The number of hydrogen-bond acceptors (Lipinski definition) is 4. The number of anilines is 1. The molecule has 2 aromatic carbocycles. The zero-order valence-electron chi connectivity index (χ0n) is 14.7. The van der Waals surface area contributed by atoms with Gasteiger partial charge in [-0.1, -0.05) is 18.2 Å². The highest BCUT2D eigenvalue weighted by Gasteiger charge is 2.38. The Morgan fingerprint density at radius 3 is 2.40 bits per heavy atom. The molecule has 0 N–H and O–H groups in total. The topological polar surface area (TPSA) is 40.6 Å². The molecule has 2 aliphatic rings. The standard InChI is InChI=1S/C20H24N2O2S/c1-21-12-10-17-18-14-16(25(23,24)15-6-4-3-5-7-15)8-9-19(18)22(2)20(17)11-13-21/h3-9,14,17,20H,10-13H2,1-2H3/t17-,20-/m0/s1. The molecule has 2 aliphatic heterocycles. The Morgan fingerprint density at radius 2 is 1.64 bits per heavy atom. The lowest BCUT2D eigenvalue weighted by Gasteiger charge is -2.25. The van der Waals surface area contributed by atoms with Gasteiger partial charge >= 0.3 is 0 Å². The van der Waals surface area contributed by atoms with Gasteiger partial charge in [0, 0.05) is 24.7 Å². The van der Waals surface area contributed by atoms with E-state index in [9.17, 15) is 8.42 Å². The Labute approximate surface area is 150 Å². The summed E-state index contributed by atoms with van der Waals surface area (Å²) in [7, 11) is 0.839. The van der Waals surface area contributed by atoms with Crippen molar-refractivity contribution in [3.63, 3.8) is 0 Å². The first kappa shape index (κ1) is 16.6. The molecule has 0 aliphatic carbocycles. The van der Waals surface area contributed by atoms with Gasteiger partial charge in [0.25, 0.3) is 0 Å². The van der Waals surface area contributed by atoms with Crippen LogP contribution >= 0.6 is 0 Å². The number of fused-ring (bicyclic) bond motifs is 3. The van der Waals surface area contributed by atoms with Crippen molar-refractivity contribution in [1.82, 2.24) is 4.90 Å². The molecule has 0 aromatic heterocycles. The number of likely N-dealkylation sites (N-methyl/N-ethyl adjacent to an activating group) is 1. The fourth-order valence-electron chi connectivity index (χ4n) is 4.28. The molecule has 0 saturated carbocycles. The Hall–Kier alpha value is -1.85. The van der Waals surface area contributed by atoms with Gasteiger partial charge in [-0.05, 0) is 68.9 Å². The summed E-state index contributed by atoms with van der Waals surface area (Å²) in [5, 5.41) is 0. The van der Waals surface area contributed by atoms with E-state index in [1.165, 1.54) is 11.3 Å². The van der Waals surface area contributed by atoms with E-state index in [-0.39, 0.29) is 0 Å². The minimum Gasteiger partial charge on any atom is -0.371 e. The summed E-state index contributed by atoms with van der Waals surface area (Å²) in [6.07, 6.45) is 2.19. The zero-order valence-corrected chi connectivity index (χ0v) is 15.5. The predicted octanol–water partition coefficient (Wildman–Crippen LogP) is 3.15. The molecule has 2 heterocycles. The molecular formula is C20H24N2O2S. The molecule has 0 spiro atoms. The molecule has 4 nitrogen and oxygen atoms in total. The van der Waals surface area contributed by atoms with Crippen LogP contribution in [0.25, 0.3) is 0 Å². The predicted molar refractivity (Wildman–Crippen MR) is 100.0 cm³/mol. The summed E-state index contributed by atoms with van der Waals surface area (Å²) in [6, 6.07) is 14.8. The average molecular weight is 356 g/mol. The van der Waals surface area contributed by atoms with Gasteiger partial charge in [0.2, 0.25) is 9.84 Å². The number of hydrogen-bond donors (Lipinski definition) is 0. The van der Waals surface area contributed by atoms with E-state index < -0.39 is 9.84 Å². The van der Waals surface area contributed by atoms with Crippen molar-refractivity contribution >= 4 is 15.5 Å². The SMILES string of the molecule is CN1CC[C@H]2c3cc(S(=O)(=O)c4ccccc4)ccc3N(C)[C@H]2CC1. The maximum atomic E-state index is 13.0. The second kappa shape index (κ2) is 6.15. The van der Waals surface area contributed by atoms with Crippen LogP contribution in [0.15, 0.2) is 58.3 Å². The zero-order chi connectivity index (χ0) is 17.6. The maximum absolute atomic E-state index is 13.0. The summed E-state index contributed by atoms with van der Waals surface area (Å²) in [6.45, 7) is 2.15. The molecule has 2 aromatic rings. The third-order valence-corrected chi connectivity index (χ3v) is 7.50. The minimum absolute atomic E-state index is 0.360. The van der Waals surface area contributed by atoms with Crippen LogP contribution in [0.4, 0.5) is 5.69 Å². The van der Waals surface area contributed by atoms with E-state index in [2.05, 4.69) is 23.9 Å². The molecule has 25 heavy (non-hydrogen) atoms. The molecule has 5 heteroatoms. The van der Waals surface area contributed by atoms with E-state index in [1.807, 2.05) is 18.2 Å². The van der Waals surface area contributed by atoms with Crippen molar-refractivity contribution in [2.45, 2.75) is 34.6 Å². The van der Waals surface area contributed by atoms with Crippen molar-refractivity contribution in [3.05, 3.63) is 54.1 Å². The second-order valence-electron chi connectivity index (χ2n) is 7.20.